The van der Waals surface area contributed by atoms with Crippen LogP contribution in [0.5, 0.6) is 5.75 Å². The number of terminal acetylenes is 1. The molecule has 3 aromatic rings. The zero-order chi connectivity index (χ0) is 19.0. The van der Waals surface area contributed by atoms with E-state index in [1.54, 1.807) is 23.0 Å². The van der Waals surface area contributed by atoms with Crippen molar-refractivity contribution in [3.05, 3.63) is 56.4 Å². The number of thiophene rings is 1. The second-order valence-electron chi connectivity index (χ2n) is 7.18. The lowest BCUT2D eigenvalue weighted by Gasteiger charge is -2.17. The first kappa shape index (κ1) is 17.8. The number of nitrogens with zero attached hydrogens (tertiary/aromatic N) is 2. The standard InChI is InChI=1S/C22H22N2O2S/c1-4-11-24-19(13-15-6-8-16(26-3)9-7-15)23-21-20(22(24)25)17-10-5-14(2)12-18(17)27-21/h1,6-9,14H,5,10-13H2,2-3H3. The normalized spacial score (nSPS) is 16.1. The summed E-state index contributed by atoms with van der Waals surface area (Å²) in [7, 11) is 1.65. The number of aryl methyl sites for hydroxylation is 1. The Bertz CT molecular complexity index is 1090. The average molecular weight is 378 g/mol. The van der Waals surface area contributed by atoms with Crippen LogP contribution < -0.4 is 10.3 Å². The van der Waals surface area contributed by atoms with E-state index in [1.165, 1.54) is 10.4 Å². The van der Waals surface area contributed by atoms with E-state index in [0.717, 1.165) is 46.6 Å². The highest BCUT2D eigenvalue weighted by molar-refractivity contribution is 7.18. The molecule has 138 valence electrons. The van der Waals surface area contributed by atoms with Crippen LogP contribution in [-0.2, 0) is 25.8 Å². The Kier molecular flexibility index (Phi) is 4.75. The van der Waals surface area contributed by atoms with Gasteiger partial charge in [-0.05, 0) is 48.4 Å². The van der Waals surface area contributed by atoms with Gasteiger partial charge in [0.15, 0.2) is 0 Å². The molecule has 0 aliphatic heterocycles. The van der Waals surface area contributed by atoms with E-state index in [0.29, 0.717) is 12.3 Å². The lowest BCUT2D eigenvalue weighted by Crippen LogP contribution is -2.25. The van der Waals surface area contributed by atoms with Crippen molar-refractivity contribution in [1.29, 1.82) is 0 Å². The lowest BCUT2D eigenvalue weighted by atomic mass is 9.89. The van der Waals surface area contributed by atoms with Gasteiger partial charge in [0, 0.05) is 11.3 Å². The van der Waals surface area contributed by atoms with E-state index in [1.807, 2.05) is 24.3 Å². The maximum atomic E-state index is 13.3. The van der Waals surface area contributed by atoms with Gasteiger partial charge < -0.3 is 4.74 Å². The Morgan fingerprint density at radius 2 is 2.15 bits per heavy atom. The van der Waals surface area contributed by atoms with Crippen LogP contribution in [0.15, 0.2) is 29.1 Å². The molecule has 27 heavy (non-hydrogen) atoms. The van der Waals surface area contributed by atoms with Gasteiger partial charge in [-0.3, -0.25) is 9.36 Å². The topological polar surface area (TPSA) is 44.1 Å². The molecule has 2 aromatic heterocycles. The van der Waals surface area contributed by atoms with E-state index in [4.69, 9.17) is 16.1 Å². The van der Waals surface area contributed by atoms with Crippen molar-refractivity contribution in [3.63, 3.8) is 0 Å². The average Bonchev–Trinajstić information content (AvgIpc) is 3.02. The summed E-state index contributed by atoms with van der Waals surface area (Å²) in [5.74, 6) is 4.82. The minimum atomic E-state index is 0.00788. The quantitative estimate of drug-likeness (QED) is 0.649. The Morgan fingerprint density at radius 1 is 1.37 bits per heavy atom. The second-order valence-corrected chi connectivity index (χ2v) is 8.26. The van der Waals surface area contributed by atoms with Crippen LogP contribution in [0.2, 0.25) is 0 Å². The summed E-state index contributed by atoms with van der Waals surface area (Å²) in [5.41, 5.74) is 2.28. The van der Waals surface area contributed by atoms with Gasteiger partial charge in [0.1, 0.15) is 16.4 Å². The van der Waals surface area contributed by atoms with Crippen LogP contribution in [0.25, 0.3) is 10.2 Å². The predicted molar refractivity (Wildman–Crippen MR) is 110 cm³/mol. The number of rotatable bonds is 4. The maximum absolute atomic E-state index is 13.3. The van der Waals surface area contributed by atoms with Crippen LogP contribution in [0.4, 0.5) is 0 Å². The van der Waals surface area contributed by atoms with E-state index in [2.05, 4.69) is 12.8 Å². The van der Waals surface area contributed by atoms with E-state index >= 15 is 0 Å². The molecule has 2 heterocycles. The molecule has 0 bridgehead atoms. The van der Waals surface area contributed by atoms with Gasteiger partial charge >= 0.3 is 0 Å². The number of ether oxygens (including phenoxy) is 1. The van der Waals surface area contributed by atoms with Crippen molar-refractivity contribution in [3.8, 4) is 18.1 Å². The van der Waals surface area contributed by atoms with Gasteiger partial charge in [-0.2, -0.15) is 0 Å². The van der Waals surface area contributed by atoms with Crippen molar-refractivity contribution in [2.75, 3.05) is 7.11 Å². The summed E-state index contributed by atoms with van der Waals surface area (Å²) >= 11 is 1.68. The van der Waals surface area contributed by atoms with Gasteiger partial charge in [0.2, 0.25) is 0 Å². The highest BCUT2D eigenvalue weighted by atomic mass is 32.1. The number of fused-ring (bicyclic) bond motifs is 3. The monoisotopic (exact) mass is 378 g/mol. The number of aromatic nitrogens is 2. The number of methoxy groups -OCH3 is 1. The van der Waals surface area contributed by atoms with Crippen LogP contribution in [-0.4, -0.2) is 16.7 Å². The Labute approximate surface area is 162 Å². The fourth-order valence-corrected chi connectivity index (χ4v) is 5.17. The SMILES string of the molecule is C#CCn1c(Cc2ccc(OC)cc2)nc2sc3c(c2c1=O)CCC(C)C3. The van der Waals surface area contributed by atoms with Gasteiger partial charge in [-0.25, -0.2) is 4.98 Å². The molecule has 0 spiro atoms. The highest BCUT2D eigenvalue weighted by Gasteiger charge is 2.24. The van der Waals surface area contributed by atoms with E-state index in [9.17, 15) is 4.79 Å². The minimum absolute atomic E-state index is 0.00788. The summed E-state index contributed by atoms with van der Waals surface area (Å²) in [5, 5.41) is 0.788. The molecular formula is C22H22N2O2S. The summed E-state index contributed by atoms with van der Waals surface area (Å²) in [4.78, 5) is 20.3. The van der Waals surface area contributed by atoms with Crippen molar-refractivity contribution in [1.82, 2.24) is 9.55 Å². The molecule has 1 aromatic carbocycles. The molecule has 1 aliphatic carbocycles. The molecule has 0 radical (unpaired) electrons. The smallest absolute Gasteiger partial charge is 0.263 e. The van der Waals surface area contributed by atoms with Crippen molar-refractivity contribution in [2.24, 2.45) is 5.92 Å². The minimum Gasteiger partial charge on any atom is -0.497 e. The molecular weight excluding hydrogens is 356 g/mol. The second kappa shape index (κ2) is 7.21. The highest BCUT2D eigenvalue weighted by Crippen LogP contribution is 2.36. The lowest BCUT2D eigenvalue weighted by molar-refractivity contribution is 0.414. The van der Waals surface area contributed by atoms with Crippen LogP contribution in [0.3, 0.4) is 0 Å². The third-order valence-corrected chi connectivity index (χ3v) is 6.41. The number of benzene rings is 1. The fraction of sp³-hybridized carbons (Fsp3) is 0.364. The number of hydrogen-bond donors (Lipinski definition) is 0. The Hall–Kier alpha value is -2.58. The maximum Gasteiger partial charge on any atom is 0.263 e. The fourth-order valence-electron chi connectivity index (χ4n) is 3.78. The van der Waals surface area contributed by atoms with Gasteiger partial charge in [0.05, 0.1) is 19.0 Å². The van der Waals surface area contributed by atoms with Crippen molar-refractivity contribution < 1.29 is 4.74 Å². The Balaban J connectivity index is 1.83. The zero-order valence-electron chi connectivity index (χ0n) is 15.6. The first-order valence-corrected chi connectivity index (χ1v) is 10.0. The third-order valence-electron chi connectivity index (χ3n) is 5.26. The van der Waals surface area contributed by atoms with Gasteiger partial charge in [-0.1, -0.05) is 25.0 Å². The Morgan fingerprint density at radius 3 is 2.85 bits per heavy atom. The summed E-state index contributed by atoms with van der Waals surface area (Å²) in [6, 6.07) is 7.83. The predicted octanol–water partition coefficient (Wildman–Crippen LogP) is 3.82. The molecule has 5 heteroatoms. The molecule has 1 atom stereocenters. The largest absolute Gasteiger partial charge is 0.497 e. The summed E-state index contributed by atoms with van der Waals surface area (Å²) in [6.45, 7) is 2.51. The molecule has 1 aliphatic rings. The zero-order valence-corrected chi connectivity index (χ0v) is 16.4. The molecule has 0 fully saturated rings. The first-order valence-electron chi connectivity index (χ1n) is 9.21. The molecule has 0 N–H and O–H groups in total. The van der Waals surface area contributed by atoms with Gasteiger partial charge in [0.25, 0.3) is 5.56 Å². The third kappa shape index (κ3) is 3.26. The summed E-state index contributed by atoms with van der Waals surface area (Å²) < 4.78 is 6.88. The van der Waals surface area contributed by atoms with Crippen LogP contribution in [0.1, 0.15) is 35.2 Å². The first-order chi connectivity index (χ1) is 13.1. The van der Waals surface area contributed by atoms with E-state index < -0.39 is 0 Å². The molecule has 0 saturated heterocycles. The van der Waals surface area contributed by atoms with Crippen LogP contribution >= 0.6 is 11.3 Å². The van der Waals surface area contributed by atoms with Gasteiger partial charge in [-0.15, -0.1) is 17.8 Å². The summed E-state index contributed by atoms with van der Waals surface area (Å²) in [6.07, 6.45) is 9.24. The van der Waals surface area contributed by atoms with E-state index in [-0.39, 0.29) is 12.1 Å². The van der Waals surface area contributed by atoms with Crippen molar-refractivity contribution >= 4 is 21.6 Å². The molecule has 0 amide bonds. The molecule has 4 rings (SSSR count). The number of hydrogen-bond acceptors (Lipinski definition) is 4. The molecule has 1 unspecified atom stereocenters. The van der Waals surface area contributed by atoms with Crippen LogP contribution in [0, 0.1) is 18.3 Å². The molecule has 0 saturated carbocycles. The van der Waals surface area contributed by atoms with Crippen molar-refractivity contribution in [2.45, 2.75) is 39.2 Å². The molecule has 4 nitrogen and oxygen atoms in total.